The predicted molar refractivity (Wildman–Crippen MR) is 82.7 cm³/mol. The summed E-state index contributed by atoms with van der Waals surface area (Å²) in [6.45, 7) is 0.637. The predicted octanol–water partition coefficient (Wildman–Crippen LogP) is 3.67. The van der Waals surface area contributed by atoms with E-state index in [9.17, 15) is 0 Å². The minimum absolute atomic E-state index is 0.637. The number of nitrogens with one attached hydrogen (secondary N) is 1. The van der Waals surface area contributed by atoms with E-state index in [0.29, 0.717) is 11.6 Å². The maximum Gasteiger partial charge on any atom is 0.143 e. The van der Waals surface area contributed by atoms with Crippen LogP contribution in [0.2, 0.25) is 5.02 Å². The molecule has 0 aliphatic rings. The highest BCUT2D eigenvalue weighted by atomic mass is 35.5. The molecule has 0 saturated heterocycles. The molecule has 0 atom stereocenters. The summed E-state index contributed by atoms with van der Waals surface area (Å²) in [5.74, 6) is 0.779. The van der Waals surface area contributed by atoms with Crippen molar-refractivity contribution >= 4 is 22.5 Å². The first kappa shape index (κ1) is 13.0. The molecule has 3 aromatic rings. The minimum atomic E-state index is 0.637. The molecule has 0 aliphatic carbocycles. The number of hydrogen-bond acceptors (Lipinski definition) is 3. The van der Waals surface area contributed by atoms with Gasteiger partial charge in [-0.15, -0.1) is 0 Å². The van der Waals surface area contributed by atoms with Crippen molar-refractivity contribution in [2.45, 2.75) is 6.54 Å². The van der Waals surface area contributed by atoms with E-state index in [2.05, 4.69) is 15.3 Å². The number of nitrogens with zero attached hydrogens (tertiary/aromatic N) is 2. The standard InChI is InChI=1S/C16H14ClN3/c1-18-10-15-19-14-8-7-12(17)9-13(14)16(20-15)11-5-3-2-4-6-11/h2-9,18H,10H2,1H3. The topological polar surface area (TPSA) is 37.8 Å². The van der Waals surface area contributed by atoms with Crippen LogP contribution in [-0.2, 0) is 6.54 Å². The van der Waals surface area contributed by atoms with Crippen LogP contribution in [0.1, 0.15) is 5.82 Å². The average molecular weight is 284 g/mol. The Morgan fingerprint density at radius 3 is 2.60 bits per heavy atom. The molecule has 0 bridgehead atoms. The Hall–Kier alpha value is -1.97. The van der Waals surface area contributed by atoms with Gasteiger partial charge < -0.3 is 5.32 Å². The summed E-state index contributed by atoms with van der Waals surface area (Å²) in [7, 11) is 1.89. The van der Waals surface area contributed by atoms with E-state index in [1.54, 1.807) is 0 Å². The highest BCUT2D eigenvalue weighted by molar-refractivity contribution is 6.31. The molecule has 0 unspecified atom stereocenters. The fourth-order valence-electron chi connectivity index (χ4n) is 2.20. The van der Waals surface area contributed by atoms with Gasteiger partial charge in [0.25, 0.3) is 0 Å². The Morgan fingerprint density at radius 2 is 1.85 bits per heavy atom. The molecule has 100 valence electrons. The SMILES string of the molecule is CNCc1nc(-c2ccccc2)c2cc(Cl)ccc2n1. The molecule has 0 saturated carbocycles. The van der Waals surface area contributed by atoms with Crippen LogP contribution in [0.15, 0.2) is 48.5 Å². The van der Waals surface area contributed by atoms with Crippen molar-refractivity contribution in [2.75, 3.05) is 7.05 Å². The third-order valence-corrected chi connectivity index (χ3v) is 3.32. The van der Waals surface area contributed by atoms with Crippen LogP contribution in [0.25, 0.3) is 22.2 Å². The second kappa shape index (κ2) is 5.57. The first-order valence-corrected chi connectivity index (χ1v) is 6.82. The summed E-state index contributed by atoms with van der Waals surface area (Å²) in [4.78, 5) is 9.23. The molecule has 20 heavy (non-hydrogen) atoms. The van der Waals surface area contributed by atoms with Gasteiger partial charge in [0.05, 0.1) is 17.8 Å². The number of hydrogen-bond donors (Lipinski definition) is 1. The molecule has 0 spiro atoms. The first-order valence-electron chi connectivity index (χ1n) is 6.44. The molecule has 0 aliphatic heterocycles. The smallest absolute Gasteiger partial charge is 0.143 e. The van der Waals surface area contributed by atoms with Crippen LogP contribution < -0.4 is 5.32 Å². The van der Waals surface area contributed by atoms with Gasteiger partial charge in [-0.05, 0) is 25.2 Å². The molecule has 4 heteroatoms. The van der Waals surface area contributed by atoms with Gasteiger partial charge in [-0.25, -0.2) is 9.97 Å². The zero-order chi connectivity index (χ0) is 13.9. The lowest BCUT2D eigenvalue weighted by molar-refractivity contribution is 0.765. The minimum Gasteiger partial charge on any atom is -0.313 e. The molecule has 1 heterocycles. The van der Waals surface area contributed by atoms with Crippen molar-refractivity contribution in [1.29, 1.82) is 0 Å². The summed E-state index contributed by atoms with van der Waals surface area (Å²) in [6, 6.07) is 15.8. The Labute approximate surface area is 122 Å². The van der Waals surface area contributed by atoms with Crippen LogP contribution in [0, 0.1) is 0 Å². The van der Waals surface area contributed by atoms with Crippen molar-refractivity contribution < 1.29 is 0 Å². The largest absolute Gasteiger partial charge is 0.313 e. The molecule has 2 aromatic carbocycles. The van der Waals surface area contributed by atoms with Gasteiger partial charge in [-0.1, -0.05) is 41.9 Å². The average Bonchev–Trinajstić information content (AvgIpc) is 2.48. The number of halogens is 1. The molecule has 1 aromatic heterocycles. The third-order valence-electron chi connectivity index (χ3n) is 3.09. The molecule has 3 nitrogen and oxygen atoms in total. The first-order chi connectivity index (χ1) is 9.78. The molecule has 0 fully saturated rings. The number of aromatic nitrogens is 2. The molecule has 0 radical (unpaired) electrons. The zero-order valence-corrected chi connectivity index (χ0v) is 11.9. The van der Waals surface area contributed by atoms with Crippen molar-refractivity contribution in [3.05, 3.63) is 59.4 Å². The lowest BCUT2D eigenvalue weighted by atomic mass is 10.1. The number of benzene rings is 2. The van der Waals surface area contributed by atoms with Gasteiger partial charge in [-0.2, -0.15) is 0 Å². The maximum absolute atomic E-state index is 6.11. The van der Waals surface area contributed by atoms with E-state index in [1.165, 1.54) is 0 Å². The summed E-state index contributed by atoms with van der Waals surface area (Å²) in [6.07, 6.45) is 0. The van der Waals surface area contributed by atoms with Gasteiger partial charge in [0.1, 0.15) is 5.82 Å². The molecule has 0 amide bonds. The molecular formula is C16H14ClN3. The zero-order valence-electron chi connectivity index (χ0n) is 11.1. The van der Waals surface area contributed by atoms with Crippen molar-refractivity contribution in [3.8, 4) is 11.3 Å². The van der Waals surface area contributed by atoms with Gasteiger partial charge in [-0.3, -0.25) is 0 Å². The monoisotopic (exact) mass is 283 g/mol. The van der Waals surface area contributed by atoms with E-state index >= 15 is 0 Å². The van der Waals surface area contributed by atoms with Crippen LogP contribution in [-0.4, -0.2) is 17.0 Å². The van der Waals surface area contributed by atoms with Gasteiger partial charge in [0.15, 0.2) is 0 Å². The van der Waals surface area contributed by atoms with Gasteiger partial charge >= 0.3 is 0 Å². The maximum atomic E-state index is 6.11. The van der Waals surface area contributed by atoms with Crippen molar-refractivity contribution in [3.63, 3.8) is 0 Å². The molecular weight excluding hydrogens is 270 g/mol. The van der Waals surface area contributed by atoms with Crippen LogP contribution >= 0.6 is 11.6 Å². The van der Waals surface area contributed by atoms with E-state index in [-0.39, 0.29) is 0 Å². The van der Waals surface area contributed by atoms with Crippen LogP contribution in [0.5, 0.6) is 0 Å². The Morgan fingerprint density at radius 1 is 1.05 bits per heavy atom. The normalized spacial score (nSPS) is 10.9. The lowest BCUT2D eigenvalue weighted by Crippen LogP contribution is -2.09. The molecule has 1 N–H and O–H groups in total. The Kier molecular flexibility index (Phi) is 3.63. The van der Waals surface area contributed by atoms with Crippen molar-refractivity contribution in [2.24, 2.45) is 0 Å². The second-order valence-corrected chi connectivity index (χ2v) is 4.98. The third kappa shape index (κ3) is 2.50. The van der Waals surface area contributed by atoms with Crippen LogP contribution in [0.4, 0.5) is 0 Å². The lowest BCUT2D eigenvalue weighted by Gasteiger charge is -2.09. The number of fused-ring (bicyclic) bond motifs is 1. The van der Waals surface area contributed by atoms with E-state index in [1.807, 2.05) is 55.6 Å². The Bertz CT molecular complexity index is 741. The van der Waals surface area contributed by atoms with Gasteiger partial charge in [0, 0.05) is 16.0 Å². The van der Waals surface area contributed by atoms with Crippen LogP contribution in [0.3, 0.4) is 0 Å². The van der Waals surface area contributed by atoms with Crippen molar-refractivity contribution in [1.82, 2.24) is 15.3 Å². The van der Waals surface area contributed by atoms with E-state index in [0.717, 1.165) is 28.0 Å². The summed E-state index contributed by atoms with van der Waals surface area (Å²) in [5, 5.41) is 4.76. The quantitative estimate of drug-likeness (QED) is 0.797. The highest BCUT2D eigenvalue weighted by Crippen LogP contribution is 2.28. The number of rotatable bonds is 3. The fraction of sp³-hybridized carbons (Fsp3) is 0.125. The highest BCUT2D eigenvalue weighted by Gasteiger charge is 2.09. The van der Waals surface area contributed by atoms with E-state index in [4.69, 9.17) is 11.6 Å². The fourth-order valence-corrected chi connectivity index (χ4v) is 2.37. The van der Waals surface area contributed by atoms with Gasteiger partial charge in [0.2, 0.25) is 0 Å². The summed E-state index contributed by atoms with van der Waals surface area (Å²) in [5.41, 5.74) is 2.90. The molecule has 3 rings (SSSR count). The Balaban J connectivity index is 2.29. The summed E-state index contributed by atoms with van der Waals surface area (Å²) < 4.78 is 0. The second-order valence-electron chi connectivity index (χ2n) is 4.55. The van der Waals surface area contributed by atoms with E-state index < -0.39 is 0 Å². The summed E-state index contributed by atoms with van der Waals surface area (Å²) >= 11 is 6.11.